The zero-order valence-electron chi connectivity index (χ0n) is 14.4. The van der Waals surface area contributed by atoms with E-state index in [0.717, 1.165) is 28.2 Å². The van der Waals surface area contributed by atoms with Crippen molar-refractivity contribution in [2.24, 2.45) is 0 Å². The van der Waals surface area contributed by atoms with Gasteiger partial charge in [-0.05, 0) is 49.9 Å². The third kappa shape index (κ3) is 3.94. The SMILES string of the molecule is Cc1cccc(C)c1C(=O)Nc1ccc(NC2CCCCC2)nc1. The van der Waals surface area contributed by atoms with E-state index in [2.05, 4.69) is 15.6 Å². The molecule has 4 nitrogen and oxygen atoms in total. The Morgan fingerprint density at radius 2 is 1.75 bits per heavy atom. The van der Waals surface area contributed by atoms with Gasteiger partial charge in [0.2, 0.25) is 0 Å². The molecule has 1 aliphatic carbocycles. The molecule has 24 heavy (non-hydrogen) atoms. The monoisotopic (exact) mass is 323 g/mol. The lowest BCUT2D eigenvalue weighted by Crippen LogP contribution is -2.22. The number of nitrogens with zero attached hydrogens (tertiary/aromatic N) is 1. The lowest BCUT2D eigenvalue weighted by Gasteiger charge is -2.23. The Bertz CT molecular complexity index is 683. The van der Waals surface area contributed by atoms with Crippen molar-refractivity contribution < 1.29 is 4.79 Å². The third-order valence-electron chi connectivity index (χ3n) is 4.69. The average Bonchev–Trinajstić information content (AvgIpc) is 2.57. The largest absolute Gasteiger partial charge is 0.367 e. The summed E-state index contributed by atoms with van der Waals surface area (Å²) < 4.78 is 0. The van der Waals surface area contributed by atoms with E-state index in [4.69, 9.17) is 0 Å². The molecule has 2 N–H and O–H groups in total. The maximum absolute atomic E-state index is 12.5. The summed E-state index contributed by atoms with van der Waals surface area (Å²) in [5.74, 6) is 0.798. The van der Waals surface area contributed by atoms with Crippen LogP contribution in [0.15, 0.2) is 36.5 Å². The first-order valence-electron chi connectivity index (χ1n) is 8.73. The highest BCUT2D eigenvalue weighted by molar-refractivity contribution is 6.06. The number of anilines is 2. The lowest BCUT2D eigenvalue weighted by atomic mass is 9.95. The lowest BCUT2D eigenvalue weighted by molar-refractivity contribution is 0.102. The average molecular weight is 323 g/mol. The van der Waals surface area contributed by atoms with Gasteiger partial charge in [0.15, 0.2) is 0 Å². The molecular formula is C20H25N3O. The van der Waals surface area contributed by atoms with Gasteiger partial charge in [0.1, 0.15) is 5.82 Å². The summed E-state index contributed by atoms with van der Waals surface area (Å²) >= 11 is 0. The van der Waals surface area contributed by atoms with Crippen LogP contribution in [-0.4, -0.2) is 16.9 Å². The fraction of sp³-hybridized carbons (Fsp3) is 0.400. The van der Waals surface area contributed by atoms with Gasteiger partial charge in [-0.2, -0.15) is 0 Å². The van der Waals surface area contributed by atoms with Crippen LogP contribution in [0.5, 0.6) is 0 Å². The predicted molar refractivity (Wildman–Crippen MR) is 98.6 cm³/mol. The van der Waals surface area contributed by atoms with Gasteiger partial charge < -0.3 is 10.6 Å². The number of carbonyl (C=O) groups is 1. The van der Waals surface area contributed by atoms with Gasteiger partial charge in [-0.25, -0.2) is 4.98 Å². The van der Waals surface area contributed by atoms with Crippen LogP contribution < -0.4 is 10.6 Å². The van der Waals surface area contributed by atoms with Crippen LogP contribution in [0.4, 0.5) is 11.5 Å². The number of aryl methyl sites for hydroxylation is 2. The minimum Gasteiger partial charge on any atom is -0.367 e. The number of nitrogens with one attached hydrogen (secondary N) is 2. The zero-order chi connectivity index (χ0) is 16.9. The molecule has 0 saturated heterocycles. The van der Waals surface area contributed by atoms with Crippen LogP contribution in [0.3, 0.4) is 0 Å². The molecule has 0 unspecified atom stereocenters. The quantitative estimate of drug-likeness (QED) is 0.858. The van der Waals surface area contributed by atoms with Crippen molar-refractivity contribution in [2.45, 2.75) is 52.0 Å². The van der Waals surface area contributed by atoms with Gasteiger partial charge in [-0.1, -0.05) is 37.5 Å². The molecule has 1 aromatic carbocycles. The van der Waals surface area contributed by atoms with Crippen LogP contribution in [0.1, 0.15) is 53.6 Å². The molecule has 1 heterocycles. The molecule has 126 valence electrons. The van der Waals surface area contributed by atoms with Crippen LogP contribution in [0, 0.1) is 13.8 Å². The van der Waals surface area contributed by atoms with Crippen LogP contribution in [0.25, 0.3) is 0 Å². The van der Waals surface area contributed by atoms with Crippen molar-refractivity contribution in [1.82, 2.24) is 4.98 Å². The number of rotatable bonds is 4. The summed E-state index contributed by atoms with van der Waals surface area (Å²) in [4.78, 5) is 16.9. The predicted octanol–water partition coefficient (Wildman–Crippen LogP) is 4.70. The highest BCUT2D eigenvalue weighted by atomic mass is 16.1. The Morgan fingerprint density at radius 1 is 1.04 bits per heavy atom. The molecule has 0 radical (unpaired) electrons. The first-order chi connectivity index (χ1) is 11.6. The molecular weight excluding hydrogens is 298 g/mol. The fourth-order valence-electron chi connectivity index (χ4n) is 3.38. The van der Waals surface area contributed by atoms with E-state index in [0.29, 0.717) is 6.04 Å². The van der Waals surface area contributed by atoms with Gasteiger partial charge >= 0.3 is 0 Å². The molecule has 1 saturated carbocycles. The van der Waals surface area contributed by atoms with Crippen LogP contribution >= 0.6 is 0 Å². The molecule has 3 rings (SSSR count). The number of carbonyl (C=O) groups excluding carboxylic acids is 1. The van der Waals surface area contributed by atoms with Crippen molar-refractivity contribution >= 4 is 17.4 Å². The number of pyridine rings is 1. The van der Waals surface area contributed by atoms with Crippen LogP contribution in [-0.2, 0) is 0 Å². The van der Waals surface area contributed by atoms with Gasteiger partial charge in [0.05, 0.1) is 11.9 Å². The molecule has 1 fully saturated rings. The van der Waals surface area contributed by atoms with E-state index >= 15 is 0 Å². The Labute approximate surface area is 143 Å². The number of hydrogen-bond donors (Lipinski definition) is 2. The summed E-state index contributed by atoms with van der Waals surface area (Å²) in [5, 5.41) is 6.43. The Hall–Kier alpha value is -2.36. The number of aromatic nitrogens is 1. The van der Waals surface area contributed by atoms with Crippen molar-refractivity contribution in [3.8, 4) is 0 Å². The minimum absolute atomic E-state index is 0.0830. The van der Waals surface area contributed by atoms with Gasteiger partial charge in [-0.15, -0.1) is 0 Å². The molecule has 0 atom stereocenters. The van der Waals surface area contributed by atoms with Crippen molar-refractivity contribution in [2.75, 3.05) is 10.6 Å². The summed E-state index contributed by atoms with van der Waals surface area (Å²) in [6.45, 7) is 3.91. The van der Waals surface area contributed by atoms with E-state index in [1.54, 1.807) is 6.20 Å². The Morgan fingerprint density at radius 3 is 2.38 bits per heavy atom. The second-order valence-electron chi connectivity index (χ2n) is 6.63. The maximum Gasteiger partial charge on any atom is 0.256 e. The highest BCUT2D eigenvalue weighted by Gasteiger charge is 2.14. The minimum atomic E-state index is -0.0830. The van der Waals surface area contributed by atoms with E-state index in [1.165, 1.54) is 32.1 Å². The molecule has 2 aromatic rings. The van der Waals surface area contributed by atoms with E-state index in [-0.39, 0.29) is 5.91 Å². The maximum atomic E-state index is 12.5. The first kappa shape index (κ1) is 16.5. The molecule has 4 heteroatoms. The van der Waals surface area contributed by atoms with Gasteiger partial charge in [-0.3, -0.25) is 4.79 Å². The zero-order valence-corrected chi connectivity index (χ0v) is 14.4. The number of benzene rings is 1. The summed E-state index contributed by atoms with van der Waals surface area (Å²) in [5.41, 5.74) is 3.42. The first-order valence-corrected chi connectivity index (χ1v) is 8.73. The molecule has 0 aliphatic heterocycles. The summed E-state index contributed by atoms with van der Waals surface area (Å²) in [7, 11) is 0. The standard InChI is InChI=1S/C20H25N3O/c1-14-7-6-8-15(2)19(14)20(24)23-17-11-12-18(21-13-17)22-16-9-4-3-5-10-16/h6-8,11-13,16H,3-5,9-10H2,1-2H3,(H,21,22)(H,23,24). The van der Waals surface area contributed by atoms with E-state index < -0.39 is 0 Å². The molecule has 0 bridgehead atoms. The molecule has 1 aliphatic rings. The normalized spacial score (nSPS) is 15.1. The van der Waals surface area contributed by atoms with Crippen molar-refractivity contribution in [3.05, 3.63) is 53.2 Å². The Kier molecular flexibility index (Phi) is 5.14. The van der Waals surface area contributed by atoms with Crippen LogP contribution in [0.2, 0.25) is 0 Å². The van der Waals surface area contributed by atoms with Gasteiger partial charge in [0.25, 0.3) is 5.91 Å². The Balaban J connectivity index is 1.64. The van der Waals surface area contributed by atoms with Gasteiger partial charge in [0, 0.05) is 11.6 Å². The second kappa shape index (κ2) is 7.47. The van der Waals surface area contributed by atoms with Crippen molar-refractivity contribution in [1.29, 1.82) is 0 Å². The smallest absolute Gasteiger partial charge is 0.256 e. The molecule has 1 amide bonds. The molecule has 1 aromatic heterocycles. The fourth-order valence-corrected chi connectivity index (χ4v) is 3.38. The summed E-state index contributed by atoms with van der Waals surface area (Å²) in [6.07, 6.45) is 8.08. The summed E-state index contributed by atoms with van der Waals surface area (Å²) in [6, 6.07) is 10.3. The van der Waals surface area contributed by atoms with E-state index in [1.807, 2.05) is 44.2 Å². The third-order valence-corrected chi connectivity index (χ3v) is 4.69. The topological polar surface area (TPSA) is 54.0 Å². The van der Waals surface area contributed by atoms with Crippen molar-refractivity contribution in [3.63, 3.8) is 0 Å². The number of hydrogen-bond acceptors (Lipinski definition) is 3. The van der Waals surface area contributed by atoms with E-state index in [9.17, 15) is 4.79 Å². The highest BCUT2D eigenvalue weighted by Crippen LogP contribution is 2.21. The molecule has 0 spiro atoms. The second-order valence-corrected chi connectivity index (χ2v) is 6.63. The number of amides is 1.